The first kappa shape index (κ1) is 20.1. The van der Waals surface area contributed by atoms with Gasteiger partial charge in [0.15, 0.2) is 0 Å². The zero-order valence-electron chi connectivity index (χ0n) is 14.8. The van der Waals surface area contributed by atoms with Crippen LogP contribution in [-0.4, -0.2) is 23.9 Å². The summed E-state index contributed by atoms with van der Waals surface area (Å²) in [5, 5.41) is 9.51. The van der Waals surface area contributed by atoms with Crippen molar-refractivity contribution in [3.05, 3.63) is 58.1 Å². The van der Waals surface area contributed by atoms with Gasteiger partial charge in [-0.2, -0.15) is 0 Å². The van der Waals surface area contributed by atoms with Gasteiger partial charge >= 0.3 is 0 Å². The van der Waals surface area contributed by atoms with Gasteiger partial charge in [0.25, 0.3) is 5.91 Å². The van der Waals surface area contributed by atoms with Gasteiger partial charge in [0.05, 0.1) is 6.54 Å². The number of anilines is 2. The van der Waals surface area contributed by atoms with E-state index in [9.17, 15) is 9.59 Å². The predicted molar refractivity (Wildman–Crippen MR) is 107 cm³/mol. The average Bonchev–Trinajstić information content (AvgIpc) is 2.50. The van der Waals surface area contributed by atoms with E-state index in [0.29, 0.717) is 21.3 Å². The van der Waals surface area contributed by atoms with E-state index in [1.807, 2.05) is 20.8 Å². The second kappa shape index (κ2) is 8.43. The van der Waals surface area contributed by atoms with Crippen molar-refractivity contribution in [3.63, 3.8) is 0 Å². The van der Waals surface area contributed by atoms with Gasteiger partial charge in [-0.3, -0.25) is 9.59 Å². The highest BCUT2D eigenvalue weighted by Crippen LogP contribution is 2.22. The zero-order chi connectivity index (χ0) is 19.3. The molecule has 0 saturated carbocycles. The smallest absolute Gasteiger partial charge is 0.251 e. The average molecular weight is 394 g/mol. The second-order valence-electron chi connectivity index (χ2n) is 6.84. The van der Waals surface area contributed by atoms with Crippen molar-refractivity contribution in [2.75, 3.05) is 17.2 Å². The van der Waals surface area contributed by atoms with Crippen LogP contribution in [0.1, 0.15) is 31.1 Å². The summed E-state index contributed by atoms with van der Waals surface area (Å²) < 4.78 is 0. The van der Waals surface area contributed by atoms with Crippen molar-refractivity contribution in [2.45, 2.75) is 26.3 Å². The minimum Gasteiger partial charge on any atom is -0.376 e. The summed E-state index contributed by atoms with van der Waals surface area (Å²) in [6.07, 6.45) is 0. The number of hydrogen-bond donors (Lipinski definition) is 3. The van der Waals surface area contributed by atoms with Crippen molar-refractivity contribution < 1.29 is 9.59 Å². The van der Waals surface area contributed by atoms with Crippen LogP contribution in [0.25, 0.3) is 0 Å². The lowest BCUT2D eigenvalue weighted by Gasteiger charge is -2.20. The number of amides is 2. The molecule has 0 radical (unpaired) electrons. The molecule has 7 heteroatoms. The number of hydrogen-bond acceptors (Lipinski definition) is 3. The molecule has 2 aromatic carbocycles. The van der Waals surface area contributed by atoms with Crippen LogP contribution in [0.5, 0.6) is 0 Å². The Morgan fingerprint density at radius 2 is 1.50 bits per heavy atom. The van der Waals surface area contributed by atoms with Crippen LogP contribution in [0.4, 0.5) is 11.4 Å². The fourth-order valence-corrected chi connectivity index (χ4v) is 2.69. The third-order valence-electron chi connectivity index (χ3n) is 3.24. The molecule has 0 aromatic heterocycles. The monoisotopic (exact) mass is 393 g/mol. The minimum absolute atomic E-state index is 0.0671. The molecule has 0 unspecified atom stereocenters. The van der Waals surface area contributed by atoms with Crippen LogP contribution in [0.15, 0.2) is 42.5 Å². The van der Waals surface area contributed by atoms with Crippen LogP contribution in [-0.2, 0) is 4.79 Å². The van der Waals surface area contributed by atoms with E-state index in [4.69, 9.17) is 23.2 Å². The molecule has 0 fully saturated rings. The Balaban J connectivity index is 1.89. The molecule has 0 heterocycles. The van der Waals surface area contributed by atoms with E-state index < -0.39 is 0 Å². The molecule has 26 heavy (non-hydrogen) atoms. The summed E-state index contributed by atoms with van der Waals surface area (Å²) in [5.74, 6) is -0.377. The third kappa shape index (κ3) is 6.58. The Bertz CT molecular complexity index is 779. The van der Waals surface area contributed by atoms with E-state index in [1.54, 1.807) is 42.5 Å². The van der Waals surface area contributed by atoms with Crippen molar-refractivity contribution in [3.8, 4) is 0 Å². The molecule has 0 aliphatic heterocycles. The summed E-state index contributed by atoms with van der Waals surface area (Å²) in [6.45, 7) is 5.84. The van der Waals surface area contributed by atoms with Crippen LogP contribution in [0.3, 0.4) is 0 Å². The Morgan fingerprint density at radius 3 is 2.04 bits per heavy atom. The largest absolute Gasteiger partial charge is 0.376 e. The van der Waals surface area contributed by atoms with Crippen LogP contribution >= 0.6 is 23.2 Å². The van der Waals surface area contributed by atoms with E-state index >= 15 is 0 Å². The SMILES string of the molecule is CC(C)(C)NC(=O)c1ccc(NCC(=O)Nc2cc(Cl)cc(Cl)c2)cc1. The maximum Gasteiger partial charge on any atom is 0.251 e. The molecule has 138 valence electrons. The predicted octanol–water partition coefficient (Wildman–Crippen LogP) is 4.57. The van der Waals surface area contributed by atoms with Gasteiger partial charge in [-0.15, -0.1) is 0 Å². The van der Waals surface area contributed by atoms with Crippen LogP contribution in [0, 0.1) is 0 Å². The molecule has 0 atom stereocenters. The van der Waals surface area contributed by atoms with E-state index in [-0.39, 0.29) is 23.9 Å². The number of rotatable bonds is 5. The number of carbonyl (C=O) groups is 2. The van der Waals surface area contributed by atoms with E-state index in [2.05, 4.69) is 16.0 Å². The summed E-state index contributed by atoms with van der Waals surface area (Å²) in [7, 11) is 0. The van der Waals surface area contributed by atoms with Crippen LogP contribution < -0.4 is 16.0 Å². The molecule has 0 aliphatic carbocycles. The summed E-state index contributed by atoms with van der Waals surface area (Å²) in [5.41, 5.74) is 1.53. The molecular formula is C19H21Cl2N3O2. The fourth-order valence-electron chi connectivity index (χ4n) is 2.17. The zero-order valence-corrected chi connectivity index (χ0v) is 16.3. The molecule has 0 bridgehead atoms. The molecule has 2 rings (SSSR count). The van der Waals surface area contributed by atoms with Crippen molar-refractivity contribution in [2.24, 2.45) is 0 Å². The Kier molecular flexibility index (Phi) is 6.51. The van der Waals surface area contributed by atoms with Gasteiger partial charge in [-0.05, 0) is 63.2 Å². The lowest BCUT2D eigenvalue weighted by Crippen LogP contribution is -2.40. The van der Waals surface area contributed by atoms with Crippen molar-refractivity contribution in [1.82, 2.24) is 5.32 Å². The highest BCUT2D eigenvalue weighted by atomic mass is 35.5. The maximum absolute atomic E-state index is 12.1. The second-order valence-corrected chi connectivity index (χ2v) is 7.71. The molecule has 3 N–H and O–H groups in total. The highest BCUT2D eigenvalue weighted by molar-refractivity contribution is 6.35. The van der Waals surface area contributed by atoms with Crippen LogP contribution in [0.2, 0.25) is 10.0 Å². The van der Waals surface area contributed by atoms with Gasteiger partial charge in [-0.25, -0.2) is 0 Å². The number of halogens is 2. The van der Waals surface area contributed by atoms with Gasteiger partial charge in [0.1, 0.15) is 0 Å². The maximum atomic E-state index is 12.1. The number of benzene rings is 2. The summed E-state index contributed by atoms with van der Waals surface area (Å²) in [6, 6.07) is 11.7. The molecule has 5 nitrogen and oxygen atoms in total. The summed E-state index contributed by atoms with van der Waals surface area (Å²) >= 11 is 11.8. The molecule has 0 spiro atoms. The van der Waals surface area contributed by atoms with Crippen molar-refractivity contribution >= 4 is 46.4 Å². The fraction of sp³-hybridized carbons (Fsp3) is 0.263. The normalized spacial score (nSPS) is 11.0. The topological polar surface area (TPSA) is 70.2 Å². The lowest BCUT2D eigenvalue weighted by molar-refractivity contribution is -0.114. The Hall–Kier alpha value is -2.24. The first-order chi connectivity index (χ1) is 12.1. The highest BCUT2D eigenvalue weighted by Gasteiger charge is 2.15. The standard InChI is InChI=1S/C19H21Cl2N3O2/c1-19(2,3)24-18(26)12-4-6-15(7-5-12)22-11-17(25)23-16-9-13(20)8-14(21)10-16/h4-10,22H,11H2,1-3H3,(H,23,25)(H,24,26). The molecule has 2 amide bonds. The molecule has 2 aromatic rings. The first-order valence-electron chi connectivity index (χ1n) is 8.05. The minimum atomic E-state index is -0.296. The van der Waals surface area contributed by atoms with Gasteiger partial charge in [-0.1, -0.05) is 23.2 Å². The first-order valence-corrected chi connectivity index (χ1v) is 8.80. The third-order valence-corrected chi connectivity index (χ3v) is 3.67. The Morgan fingerprint density at radius 1 is 0.923 bits per heavy atom. The number of carbonyl (C=O) groups excluding carboxylic acids is 2. The summed E-state index contributed by atoms with van der Waals surface area (Å²) in [4.78, 5) is 24.1. The van der Waals surface area contributed by atoms with E-state index in [1.165, 1.54) is 0 Å². The molecular weight excluding hydrogens is 373 g/mol. The molecule has 0 aliphatic rings. The van der Waals surface area contributed by atoms with Crippen molar-refractivity contribution in [1.29, 1.82) is 0 Å². The molecule has 0 saturated heterocycles. The van der Waals surface area contributed by atoms with Gasteiger partial charge < -0.3 is 16.0 Å². The Labute approximate surface area is 163 Å². The lowest BCUT2D eigenvalue weighted by atomic mass is 10.1. The number of nitrogens with one attached hydrogen (secondary N) is 3. The quantitative estimate of drug-likeness (QED) is 0.696. The van der Waals surface area contributed by atoms with Gasteiger partial charge in [0.2, 0.25) is 5.91 Å². The van der Waals surface area contributed by atoms with Gasteiger partial charge in [0, 0.05) is 32.5 Å². The van der Waals surface area contributed by atoms with E-state index in [0.717, 1.165) is 5.69 Å².